The van der Waals surface area contributed by atoms with Gasteiger partial charge in [-0.2, -0.15) is 0 Å². The monoisotopic (exact) mass is 206 g/mol. The number of hydrogen-bond donors (Lipinski definition) is 2. The van der Waals surface area contributed by atoms with E-state index >= 15 is 0 Å². The van der Waals surface area contributed by atoms with Gasteiger partial charge in [0.2, 0.25) is 0 Å². The highest BCUT2D eigenvalue weighted by Gasteiger charge is 2.05. The molecule has 5 heteroatoms. The second-order valence-corrected chi connectivity index (χ2v) is 4.27. The highest BCUT2D eigenvalue weighted by atomic mass is 32.1. The normalized spacial score (nSPS) is 10.4. The van der Waals surface area contributed by atoms with Crippen molar-refractivity contribution in [3.05, 3.63) is 23.1 Å². The average Bonchev–Trinajstić information content (AvgIpc) is 2.57. The molecule has 0 aliphatic heterocycles. The smallest absolute Gasteiger partial charge is 0.169 e. The Labute approximate surface area is 85.6 Å². The molecule has 0 aliphatic rings. The summed E-state index contributed by atoms with van der Waals surface area (Å²) >= 11 is 1.66. The van der Waals surface area contributed by atoms with Gasteiger partial charge in [0.15, 0.2) is 5.82 Å². The maximum atomic E-state index is 5.64. The molecule has 0 bridgehead atoms. The van der Waals surface area contributed by atoms with Gasteiger partial charge in [-0.05, 0) is 25.1 Å². The van der Waals surface area contributed by atoms with Crippen LogP contribution in [0.1, 0.15) is 4.88 Å². The Morgan fingerprint density at radius 2 is 2.00 bits per heavy atom. The minimum Gasteiger partial charge on any atom is -0.396 e. The first-order valence-electron chi connectivity index (χ1n) is 4.12. The molecule has 4 N–H and O–H groups in total. The Morgan fingerprint density at radius 1 is 1.21 bits per heavy atom. The van der Waals surface area contributed by atoms with Gasteiger partial charge in [-0.1, -0.05) is 0 Å². The van der Waals surface area contributed by atoms with E-state index in [9.17, 15) is 0 Å². The van der Waals surface area contributed by atoms with Gasteiger partial charge in [0.25, 0.3) is 0 Å². The van der Waals surface area contributed by atoms with Crippen molar-refractivity contribution in [2.24, 2.45) is 0 Å². The van der Waals surface area contributed by atoms with Crippen LogP contribution in [-0.4, -0.2) is 10.2 Å². The first-order valence-corrected chi connectivity index (χ1v) is 4.94. The zero-order valence-corrected chi connectivity index (χ0v) is 8.51. The topological polar surface area (TPSA) is 77.8 Å². The third kappa shape index (κ3) is 1.54. The lowest BCUT2D eigenvalue weighted by Crippen LogP contribution is -2.00. The predicted octanol–water partition coefficient (Wildman–Crippen LogP) is 1.68. The summed E-state index contributed by atoms with van der Waals surface area (Å²) in [5, 5.41) is 7.75. The van der Waals surface area contributed by atoms with Crippen LogP contribution in [0.3, 0.4) is 0 Å². The third-order valence-electron chi connectivity index (χ3n) is 1.85. The van der Waals surface area contributed by atoms with Crippen LogP contribution < -0.4 is 11.5 Å². The Hall–Kier alpha value is -1.62. The van der Waals surface area contributed by atoms with E-state index in [0.717, 1.165) is 10.6 Å². The molecular formula is C9H10N4S. The van der Waals surface area contributed by atoms with Crippen molar-refractivity contribution in [2.75, 3.05) is 11.5 Å². The summed E-state index contributed by atoms with van der Waals surface area (Å²) in [6.45, 7) is 2.04. The Bertz CT molecular complexity index is 464. The zero-order chi connectivity index (χ0) is 10.1. The molecule has 0 unspecified atom stereocenters. The fourth-order valence-corrected chi connectivity index (χ4v) is 1.93. The fraction of sp³-hybridized carbons (Fsp3) is 0.111. The first-order chi connectivity index (χ1) is 6.66. The Balaban J connectivity index is 2.47. The third-order valence-corrected chi connectivity index (χ3v) is 2.87. The molecule has 14 heavy (non-hydrogen) atoms. The van der Waals surface area contributed by atoms with Gasteiger partial charge in [0.05, 0.1) is 10.6 Å². The van der Waals surface area contributed by atoms with Gasteiger partial charge in [-0.15, -0.1) is 21.5 Å². The maximum Gasteiger partial charge on any atom is 0.169 e. The van der Waals surface area contributed by atoms with Crippen molar-refractivity contribution in [1.82, 2.24) is 10.2 Å². The Kier molecular flexibility index (Phi) is 2.09. The summed E-state index contributed by atoms with van der Waals surface area (Å²) in [6, 6.07) is 5.78. The number of nitrogens with zero attached hydrogens (tertiary/aromatic N) is 2. The molecular weight excluding hydrogens is 196 g/mol. The molecule has 2 aromatic heterocycles. The summed E-state index contributed by atoms with van der Waals surface area (Å²) in [5.74, 6) is 0.280. The van der Waals surface area contributed by atoms with Crippen LogP contribution >= 0.6 is 11.3 Å². The van der Waals surface area contributed by atoms with E-state index in [-0.39, 0.29) is 5.82 Å². The van der Waals surface area contributed by atoms with E-state index in [1.54, 1.807) is 17.4 Å². The molecule has 0 atom stereocenters. The molecule has 72 valence electrons. The van der Waals surface area contributed by atoms with Crippen LogP contribution in [0.4, 0.5) is 11.5 Å². The van der Waals surface area contributed by atoms with E-state index in [1.807, 2.05) is 19.1 Å². The molecule has 0 aromatic carbocycles. The van der Waals surface area contributed by atoms with Crippen molar-refractivity contribution < 1.29 is 0 Å². The van der Waals surface area contributed by atoms with Gasteiger partial charge >= 0.3 is 0 Å². The van der Waals surface area contributed by atoms with Crippen LogP contribution in [0.25, 0.3) is 10.6 Å². The first kappa shape index (κ1) is 8.96. The van der Waals surface area contributed by atoms with E-state index < -0.39 is 0 Å². The molecule has 4 nitrogen and oxygen atoms in total. The number of thiophene rings is 1. The van der Waals surface area contributed by atoms with Gasteiger partial charge in [0.1, 0.15) is 5.69 Å². The SMILES string of the molecule is Cc1ccc(-c2cc(N)c(N)nn2)s1. The molecule has 0 fully saturated rings. The number of rotatable bonds is 1. The highest BCUT2D eigenvalue weighted by Crippen LogP contribution is 2.27. The molecule has 0 saturated carbocycles. The van der Waals surface area contributed by atoms with Crippen LogP contribution in [0.5, 0.6) is 0 Å². The summed E-state index contributed by atoms with van der Waals surface area (Å²) < 4.78 is 0. The van der Waals surface area contributed by atoms with Gasteiger partial charge in [-0.3, -0.25) is 0 Å². The number of aromatic nitrogens is 2. The van der Waals surface area contributed by atoms with Crippen molar-refractivity contribution in [1.29, 1.82) is 0 Å². The second kappa shape index (κ2) is 3.26. The number of anilines is 2. The number of nitrogen functional groups attached to an aromatic ring is 2. The average molecular weight is 206 g/mol. The quantitative estimate of drug-likeness (QED) is 0.744. The van der Waals surface area contributed by atoms with Gasteiger partial charge in [0, 0.05) is 4.88 Å². The second-order valence-electron chi connectivity index (χ2n) is 2.98. The molecule has 2 aromatic rings. The molecule has 0 spiro atoms. The predicted molar refractivity (Wildman–Crippen MR) is 58.9 cm³/mol. The standard InChI is InChI=1S/C9H10N4S/c1-5-2-3-8(14-5)7-4-6(10)9(11)13-12-7/h2-4H,1H3,(H2,10,12)(H2,11,13). The minimum atomic E-state index is 0.280. The summed E-state index contributed by atoms with van der Waals surface area (Å²) in [7, 11) is 0. The number of nitrogens with two attached hydrogens (primary N) is 2. The summed E-state index contributed by atoms with van der Waals surface area (Å²) in [4.78, 5) is 2.29. The fourth-order valence-electron chi connectivity index (χ4n) is 1.11. The highest BCUT2D eigenvalue weighted by molar-refractivity contribution is 7.15. The summed E-state index contributed by atoms with van der Waals surface area (Å²) in [6.07, 6.45) is 0. The van der Waals surface area contributed by atoms with E-state index in [4.69, 9.17) is 11.5 Å². The van der Waals surface area contributed by atoms with Crippen molar-refractivity contribution in [2.45, 2.75) is 6.92 Å². The lowest BCUT2D eigenvalue weighted by Gasteiger charge is -1.99. The van der Waals surface area contributed by atoms with Gasteiger partial charge in [-0.25, -0.2) is 0 Å². The summed E-state index contributed by atoms with van der Waals surface area (Å²) in [5.41, 5.74) is 12.4. The molecule has 2 heterocycles. The Morgan fingerprint density at radius 3 is 2.57 bits per heavy atom. The number of hydrogen-bond acceptors (Lipinski definition) is 5. The zero-order valence-electron chi connectivity index (χ0n) is 7.69. The molecule has 0 saturated heterocycles. The van der Waals surface area contributed by atoms with Crippen LogP contribution in [0.2, 0.25) is 0 Å². The molecule has 0 amide bonds. The van der Waals surface area contributed by atoms with Crippen LogP contribution in [-0.2, 0) is 0 Å². The van der Waals surface area contributed by atoms with Crippen molar-refractivity contribution in [3.63, 3.8) is 0 Å². The van der Waals surface area contributed by atoms with E-state index in [2.05, 4.69) is 10.2 Å². The maximum absolute atomic E-state index is 5.64. The molecule has 0 aliphatic carbocycles. The largest absolute Gasteiger partial charge is 0.396 e. The van der Waals surface area contributed by atoms with Crippen LogP contribution in [0.15, 0.2) is 18.2 Å². The molecule has 2 rings (SSSR count). The van der Waals surface area contributed by atoms with Gasteiger partial charge < -0.3 is 11.5 Å². The lowest BCUT2D eigenvalue weighted by atomic mass is 10.3. The van der Waals surface area contributed by atoms with Crippen molar-refractivity contribution >= 4 is 22.8 Å². The van der Waals surface area contributed by atoms with E-state index in [1.165, 1.54) is 4.88 Å². The lowest BCUT2D eigenvalue weighted by molar-refractivity contribution is 1.05. The van der Waals surface area contributed by atoms with E-state index in [0.29, 0.717) is 5.69 Å². The molecule has 0 radical (unpaired) electrons. The minimum absolute atomic E-state index is 0.280. The van der Waals surface area contributed by atoms with Crippen LogP contribution in [0, 0.1) is 6.92 Å². The van der Waals surface area contributed by atoms with Crippen molar-refractivity contribution in [3.8, 4) is 10.6 Å². The number of aryl methyl sites for hydroxylation is 1.